The highest BCUT2D eigenvalue weighted by Crippen LogP contribution is 2.26. The number of hydrogen-bond acceptors (Lipinski definition) is 7. The first-order valence-electron chi connectivity index (χ1n) is 8.33. The molecule has 1 aliphatic heterocycles. The van der Waals surface area contributed by atoms with Gasteiger partial charge in [-0.2, -0.15) is 19.6 Å². The molecule has 9 nitrogen and oxygen atoms in total. The molecule has 0 spiro atoms. The number of nitrogens with one attached hydrogen (secondary N) is 3. The summed E-state index contributed by atoms with van der Waals surface area (Å²) < 4.78 is 1.63. The highest BCUT2D eigenvalue weighted by Gasteiger charge is 2.26. The number of rotatable bonds is 5. The van der Waals surface area contributed by atoms with Crippen LogP contribution in [0.1, 0.15) is 38.7 Å². The standard InChI is InChI=1S/C16H19N7O2/c1-8(2)18-15-21-13-10(5-9-6-12(24)20-14(9)25)7-17-23(13)16(22-15)19-11-3-4-11/h5,7-8,11H,3-4,6H2,1-2H3,(H,20,24,25)(H2,18,19,21,22)/b9-5+. The molecular formula is C16H19N7O2. The Morgan fingerprint density at radius 2 is 2.12 bits per heavy atom. The monoisotopic (exact) mass is 341 g/mol. The van der Waals surface area contributed by atoms with Gasteiger partial charge in [-0.05, 0) is 32.8 Å². The van der Waals surface area contributed by atoms with Gasteiger partial charge in [0.05, 0.1) is 12.6 Å². The molecular weight excluding hydrogens is 322 g/mol. The summed E-state index contributed by atoms with van der Waals surface area (Å²) >= 11 is 0. The van der Waals surface area contributed by atoms with Gasteiger partial charge in [-0.3, -0.25) is 14.9 Å². The fourth-order valence-corrected chi connectivity index (χ4v) is 2.63. The van der Waals surface area contributed by atoms with E-state index in [9.17, 15) is 9.59 Å². The molecule has 130 valence electrons. The quantitative estimate of drug-likeness (QED) is 0.548. The largest absolute Gasteiger partial charge is 0.352 e. The van der Waals surface area contributed by atoms with Crippen molar-refractivity contribution in [3.63, 3.8) is 0 Å². The molecule has 1 aliphatic carbocycles. The molecule has 0 atom stereocenters. The number of anilines is 2. The number of carbonyl (C=O) groups is 2. The first kappa shape index (κ1) is 15.6. The molecule has 0 radical (unpaired) electrons. The van der Waals surface area contributed by atoms with E-state index >= 15 is 0 Å². The van der Waals surface area contributed by atoms with Crippen molar-refractivity contribution in [1.82, 2.24) is 24.9 Å². The Labute approximate surface area is 143 Å². The Bertz CT molecular complexity index is 895. The molecule has 4 rings (SSSR count). The van der Waals surface area contributed by atoms with E-state index in [4.69, 9.17) is 0 Å². The molecule has 1 saturated carbocycles. The van der Waals surface area contributed by atoms with E-state index in [0.717, 1.165) is 12.8 Å². The maximum atomic E-state index is 11.8. The van der Waals surface area contributed by atoms with Crippen molar-refractivity contribution >= 4 is 35.4 Å². The number of hydrogen-bond donors (Lipinski definition) is 3. The van der Waals surface area contributed by atoms with Gasteiger partial charge in [0.25, 0.3) is 5.91 Å². The summed E-state index contributed by atoms with van der Waals surface area (Å²) in [5.74, 6) is 0.459. The average Bonchev–Trinajstić information content (AvgIpc) is 3.17. The van der Waals surface area contributed by atoms with Crippen LogP contribution in [0.4, 0.5) is 11.9 Å². The van der Waals surface area contributed by atoms with E-state index in [1.165, 1.54) is 0 Å². The summed E-state index contributed by atoms with van der Waals surface area (Å²) in [5.41, 5.74) is 1.67. The first-order valence-corrected chi connectivity index (χ1v) is 8.33. The van der Waals surface area contributed by atoms with Gasteiger partial charge in [0, 0.05) is 23.2 Å². The molecule has 0 bridgehead atoms. The van der Waals surface area contributed by atoms with Crippen LogP contribution in [0.15, 0.2) is 11.8 Å². The molecule has 2 aliphatic rings. The normalized spacial score (nSPS) is 19.1. The highest BCUT2D eigenvalue weighted by atomic mass is 16.2. The summed E-state index contributed by atoms with van der Waals surface area (Å²) in [4.78, 5) is 32.2. The second kappa shape index (κ2) is 5.83. The Morgan fingerprint density at radius 3 is 2.76 bits per heavy atom. The Hall–Kier alpha value is -2.97. The Morgan fingerprint density at radius 1 is 1.32 bits per heavy atom. The summed E-state index contributed by atoms with van der Waals surface area (Å²) in [7, 11) is 0. The van der Waals surface area contributed by atoms with Crippen LogP contribution in [0.25, 0.3) is 11.7 Å². The van der Waals surface area contributed by atoms with Crippen molar-refractivity contribution in [2.75, 3.05) is 10.6 Å². The molecule has 2 aromatic rings. The molecule has 0 aromatic carbocycles. The minimum Gasteiger partial charge on any atom is -0.352 e. The minimum atomic E-state index is -0.365. The maximum Gasteiger partial charge on any atom is 0.254 e. The van der Waals surface area contributed by atoms with Crippen LogP contribution in [0.5, 0.6) is 0 Å². The lowest BCUT2D eigenvalue weighted by molar-refractivity contribution is -0.124. The zero-order valence-corrected chi connectivity index (χ0v) is 14.0. The molecule has 0 unspecified atom stereocenters. The molecule has 9 heteroatoms. The first-order chi connectivity index (χ1) is 12.0. The lowest BCUT2D eigenvalue weighted by Crippen LogP contribution is -2.19. The Balaban J connectivity index is 1.78. The summed E-state index contributed by atoms with van der Waals surface area (Å²) in [6, 6.07) is 0.591. The van der Waals surface area contributed by atoms with Gasteiger partial charge in [-0.1, -0.05) is 0 Å². The van der Waals surface area contributed by atoms with Crippen LogP contribution in [0, 0.1) is 0 Å². The van der Waals surface area contributed by atoms with E-state index in [-0.39, 0.29) is 24.3 Å². The molecule has 3 N–H and O–H groups in total. The predicted octanol–water partition coefficient (Wildman–Crippen LogP) is 0.949. The number of aromatic nitrogens is 4. The van der Waals surface area contributed by atoms with Crippen molar-refractivity contribution in [2.45, 2.75) is 45.2 Å². The predicted molar refractivity (Wildman–Crippen MR) is 91.9 cm³/mol. The van der Waals surface area contributed by atoms with Gasteiger partial charge in [-0.25, -0.2) is 0 Å². The highest BCUT2D eigenvalue weighted by molar-refractivity contribution is 6.15. The van der Waals surface area contributed by atoms with E-state index < -0.39 is 0 Å². The van der Waals surface area contributed by atoms with Crippen molar-refractivity contribution in [1.29, 1.82) is 0 Å². The van der Waals surface area contributed by atoms with Crippen LogP contribution in [0.2, 0.25) is 0 Å². The fourth-order valence-electron chi connectivity index (χ4n) is 2.63. The van der Waals surface area contributed by atoms with E-state index in [1.54, 1.807) is 16.8 Å². The summed E-state index contributed by atoms with van der Waals surface area (Å²) in [5, 5.41) is 13.2. The van der Waals surface area contributed by atoms with Gasteiger partial charge >= 0.3 is 0 Å². The van der Waals surface area contributed by atoms with Crippen LogP contribution in [0.3, 0.4) is 0 Å². The second-order valence-corrected chi connectivity index (χ2v) is 6.65. The van der Waals surface area contributed by atoms with E-state index in [1.807, 2.05) is 13.8 Å². The molecule has 25 heavy (non-hydrogen) atoms. The Kier molecular flexibility index (Phi) is 3.63. The van der Waals surface area contributed by atoms with Gasteiger partial charge in [-0.15, -0.1) is 0 Å². The third-order valence-electron chi connectivity index (χ3n) is 3.95. The molecule has 1 saturated heterocycles. The van der Waals surface area contributed by atoms with Crippen LogP contribution in [-0.4, -0.2) is 43.5 Å². The third kappa shape index (κ3) is 3.17. The smallest absolute Gasteiger partial charge is 0.254 e. The van der Waals surface area contributed by atoms with Crippen LogP contribution in [-0.2, 0) is 9.59 Å². The number of carbonyl (C=O) groups excluding carboxylic acids is 2. The van der Waals surface area contributed by atoms with Crippen molar-refractivity contribution < 1.29 is 9.59 Å². The summed E-state index contributed by atoms with van der Waals surface area (Å²) in [6.07, 6.45) is 5.59. The van der Waals surface area contributed by atoms with Crippen LogP contribution >= 0.6 is 0 Å². The summed E-state index contributed by atoms with van der Waals surface area (Å²) in [6.45, 7) is 4.02. The SMILES string of the molecule is CC(C)Nc1nc(NC2CC2)n2ncc(/C=C3\CC(=O)NC3=O)c2n1. The van der Waals surface area contributed by atoms with E-state index in [2.05, 4.69) is 31.0 Å². The lowest BCUT2D eigenvalue weighted by Gasteiger charge is -2.11. The molecule has 2 fully saturated rings. The van der Waals surface area contributed by atoms with E-state index in [0.29, 0.717) is 34.7 Å². The maximum absolute atomic E-state index is 11.8. The fraction of sp³-hybridized carbons (Fsp3) is 0.438. The zero-order valence-electron chi connectivity index (χ0n) is 14.0. The molecule has 2 aromatic heterocycles. The number of fused-ring (bicyclic) bond motifs is 1. The zero-order chi connectivity index (χ0) is 17.6. The van der Waals surface area contributed by atoms with Crippen molar-refractivity contribution in [3.8, 4) is 0 Å². The molecule has 3 heterocycles. The van der Waals surface area contributed by atoms with Gasteiger partial charge in [0.15, 0.2) is 5.65 Å². The van der Waals surface area contributed by atoms with Crippen molar-refractivity contribution in [2.24, 2.45) is 0 Å². The van der Waals surface area contributed by atoms with Gasteiger partial charge in [0.2, 0.25) is 17.8 Å². The number of amides is 2. The number of nitrogens with zero attached hydrogens (tertiary/aromatic N) is 4. The van der Waals surface area contributed by atoms with Crippen molar-refractivity contribution in [3.05, 3.63) is 17.3 Å². The van der Waals surface area contributed by atoms with Gasteiger partial charge < -0.3 is 10.6 Å². The molecule has 2 amide bonds. The topological polar surface area (TPSA) is 113 Å². The number of imide groups is 1. The minimum absolute atomic E-state index is 0.0749. The average molecular weight is 341 g/mol. The second-order valence-electron chi connectivity index (χ2n) is 6.65. The lowest BCUT2D eigenvalue weighted by atomic mass is 10.1. The third-order valence-corrected chi connectivity index (χ3v) is 3.95. The van der Waals surface area contributed by atoms with Crippen LogP contribution < -0.4 is 16.0 Å². The van der Waals surface area contributed by atoms with Gasteiger partial charge in [0.1, 0.15) is 0 Å².